The number of benzene rings is 1. The van der Waals surface area contributed by atoms with Crippen molar-refractivity contribution in [1.82, 2.24) is 19.4 Å². The van der Waals surface area contributed by atoms with E-state index in [1.165, 1.54) is 0 Å². The van der Waals surface area contributed by atoms with Crippen LogP contribution in [0.3, 0.4) is 0 Å². The van der Waals surface area contributed by atoms with Crippen LogP contribution in [0.1, 0.15) is 38.1 Å². The summed E-state index contributed by atoms with van der Waals surface area (Å²) in [5.74, 6) is 3.25. The summed E-state index contributed by atoms with van der Waals surface area (Å²) in [6.07, 6.45) is 8.98. The Balaban J connectivity index is 1.07. The van der Waals surface area contributed by atoms with Gasteiger partial charge in [0, 0.05) is 36.9 Å². The molecular weight excluding hydrogens is 710 g/mol. The molecule has 5 rings (SSSR count). The molecule has 0 saturated carbocycles. The van der Waals surface area contributed by atoms with Crippen LogP contribution in [0.15, 0.2) is 41.1 Å². The number of imidazole rings is 1. The zero-order chi connectivity index (χ0) is 35.3. The number of carbonyl (C=O) groups is 1. The molecule has 0 aliphatic carbocycles. The van der Waals surface area contributed by atoms with Gasteiger partial charge in [0.2, 0.25) is 0 Å². The SMILES string of the molecule is C#CCOCCOCCOCCOCCOCCCCn1c(CN2c3cnccc3C3(CN(C(=O)OC(C)C)C3)C2O)nc2cc(Br)ccc21. The van der Waals surface area contributed by atoms with E-state index >= 15 is 0 Å². The fourth-order valence-corrected chi connectivity index (χ4v) is 6.66. The number of aromatic nitrogens is 3. The van der Waals surface area contributed by atoms with E-state index in [-0.39, 0.29) is 12.2 Å². The van der Waals surface area contributed by atoms with Crippen LogP contribution in [0.25, 0.3) is 11.0 Å². The molecule has 2 aliphatic heterocycles. The van der Waals surface area contributed by atoms with E-state index in [1.54, 1.807) is 17.3 Å². The molecule has 50 heavy (non-hydrogen) atoms. The van der Waals surface area contributed by atoms with Gasteiger partial charge in [-0.15, -0.1) is 6.42 Å². The second kappa shape index (κ2) is 18.8. The molecule has 14 heteroatoms. The number of aliphatic hydroxyl groups excluding tert-OH is 1. The third kappa shape index (κ3) is 9.52. The van der Waals surface area contributed by atoms with Crippen molar-refractivity contribution in [3.63, 3.8) is 0 Å². The van der Waals surface area contributed by atoms with Gasteiger partial charge in [-0.05, 0) is 56.5 Å². The minimum atomic E-state index is -0.851. The Bertz CT molecular complexity index is 1570. The first kappa shape index (κ1) is 38.0. The van der Waals surface area contributed by atoms with Crippen LogP contribution in [0.5, 0.6) is 0 Å². The van der Waals surface area contributed by atoms with Gasteiger partial charge >= 0.3 is 6.09 Å². The fourth-order valence-electron chi connectivity index (χ4n) is 6.31. The van der Waals surface area contributed by atoms with Crippen LogP contribution in [0.4, 0.5) is 10.5 Å². The van der Waals surface area contributed by atoms with E-state index < -0.39 is 11.6 Å². The van der Waals surface area contributed by atoms with Gasteiger partial charge in [-0.1, -0.05) is 21.9 Å². The minimum Gasteiger partial charge on any atom is -0.447 e. The Kier molecular flexibility index (Phi) is 14.3. The molecule has 1 amide bonds. The second-order valence-electron chi connectivity index (χ2n) is 12.6. The topological polar surface area (TPSA) is 130 Å². The van der Waals surface area contributed by atoms with E-state index in [2.05, 4.69) is 37.5 Å². The lowest BCUT2D eigenvalue weighted by Crippen LogP contribution is -2.67. The maximum atomic E-state index is 12.6. The van der Waals surface area contributed by atoms with Crippen molar-refractivity contribution in [2.45, 2.75) is 57.5 Å². The Morgan fingerprint density at radius 3 is 2.32 bits per heavy atom. The predicted octanol–water partition coefficient (Wildman–Crippen LogP) is 4.13. The minimum absolute atomic E-state index is 0.209. The van der Waals surface area contributed by atoms with Gasteiger partial charge in [-0.3, -0.25) is 4.98 Å². The highest BCUT2D eigenvalue weighted by molar-refractivity contribution is 9.10. The Morgan fingerprint density at radius 2 is 1.66 bits per heavy atom. The molecule has 0 radical (unpaired) electrons. The summed E-state index contributed by atoms with van der Waals surface area (Å²) in [6.45, 7) is 10.4. The number of nitrogens with zero attached hydrogens (tertiary/aromatic N) is 5. The smallest absolute Gasteiger partial charge is 0.410 e. The molecule has 1 saturated heterocycles. The lowest BCUT2D eigenvalue weighted by Gasteiger charge is -2.49. The van der Waals surface area contributed by atoms with Crippen molar-refractivity contribution >= 4 is 38.7 Å². The van der Waals surface area contributed by atoms with Crippen molar-refractivity contribution in [3.8, 4) is 12.3 Å². The maximum Gasteiger partial charge on any atom is 0.410 e. The largest absolute Gasteiger partial charge is 0.447 e. The molecule has 1 atom stereocenters. The van der Waals surface area contributed by atoms with Gasteiger partial charge in [0.1, 0.15) is 18.7 Å². The normalized spacial score (nSPS) is 16.3. The second-order valence-corrected chi connectivity index (χ2v) is 13.5. The average molecular weight is 759 g/mol. The number of rotatable bonds is 21. The van der Waals surface area contributed by atoms with Gasteiger partial charge in [0.05, 0.1) is 93.8 Å². The van der Waals surface area contributed by atoms with Gasteiger partial charge in [-0.2, -0.15) is 0 Å². The zero-order valence-corrected chi connectivity index (χ0v) is 30.5. The predicted molar refractivity (Wildman–Crippen MR) is 191 cm³/mol. The number of hydrogen-bond acceptors (Lipinski definition) is 11. The number of aryl methyl sites for hydroxylation is 1. The molecule has 1 N–H and O–H groups in total. The number of likely N-dealkylation sites (tertiary alicyclic amines) is 1. The van der Waals surface area contributed by atoms with E-state index in [0.29, 0.717) is 85.7 Å². The summed E-state index contributed by atoms with van der Waals surface area (Å²) in [6, 6.07) is 8.05. The highest BCUT2D eigenvalue weighted by Crippen LogP contribution is 2.50. The number of hydrogen-bond donors (Lipinski definition) is 1. The first-order valence-electron chi connectivity index (χ1n) is 17.2. The molecule has 272 valence electrons. The summed E-state index contributed by atoms with van der Waals surface area (Å²) < 4.78 is 36.0. The number of terminal acetylenes is 1. The number of anilines is 1. The third-order valence-corrected chi connectivity index (χ3v) is 9.16. The van der Waals surface area contributed by atoms with Gasteiger partial charge in [-0.25, -0.2) is 9.78 Å². The standard InChI is InChI=1S/C36H48BrN5O8/c1-4-12-45-14-16-47-18-20-49-21-19-48-17-15-46-13-6-5-11-41-31-8-7-28(37)22-30(31)39-33(41)24-42-32-23-38-10-9-29(32)36(34(42)43)25-40(26-36)35(44)50-27(2)3/h1,7-10,22-23,27,34,43H,5-6,11-21,24-26H2,2-3H3. The fraction of sp³-hybridized carbons (Fsp3) is 0.583. The molecule has 0 bridgehead atoms. The van der Waals surface area contributed by atoms with Crippen LogP contribution >= 0.6 is 15.9 Å². The lowest BCUT2D eigenvalue weighted by atomic mass is 9.74. The van der Waals surface area contributed by atoms with Crippen molar-refractivity contribution in [2.75, 3.05) is 84.1 Å². The number of fused-ring (bicyclic) bond motifs is 3. The van der Waals surface area contributed by atoms with E-state index in [1.807, 2.05) is 36.9 Å². The van der Waals surface area contributed by atoms with Crippen molar-refractivity contribution in [2.24, 2.45) is 0 Å². The van der Waals surface area contributed by atoms with Crippen LogP contribution < -0.4 is 4.90 Å². The van der Waals surface area contributed by atoms with Crippen LogP contribution in [-0.4, -0.2) is 122 Å². The molecule has 13 nitrogen and oxygen atoms in total. The van der Waals surface area contributed by atoms with Crippen LogP contribution in [0.2, 0.25) is 0 Å². The highest BCUT2D eigenvalue weighted by atomic mass is 79.9. The van der Waals surface area contributed by atoms with Gasteiger partial charge in [0.15, 0.2) is 0 Å². The number of halogens is 1. The Hall–Kier alpha value is -3.29. The number of carbonyl (C=O) groups excluding carboxylic acids is 1. The summed E-state index contributed by atoms with van der Waals surface area (Å²) >= 11 is 3.58. The molecule has 2 aliphatic rings. The summed E-state index contributed by atoms with van der Waals surface area (Å²) in [4.78, 5) is 25.6. The number of pyridine rings is 1. The number of amides is 1. The van der Waals surface area contributed by atoms with E-state index in [0.717, 1.165) is 52.0 Å². The molecule has 4 heterocycles. The molecule has 2 aromatic heterocycles. The number of aliphatic hydroxyl groups is 1. The quantitative estimate of drug-likeness (QED) is 0.124. The first-order valence-corrected chi connectivity index (χ1v) is 17.9. The van der Waals surface area contributed by atoms with Gasteiger partial charge < -0.3 is 47.9 Å². The summed E-state index contributed by atoms with van der Waals surface area (Å²) in [5, 5.41) is 11.8. The van der Waals surface area contributed by atoms with E-state index in [9.17, 15) is 9.90 Å². The monoisotopic (exact) mass is 757 g/mol. The summed E-state index contributed by atoms with van der Waals surface area (Å²) in [5.41, 5.74) is 3.13. The average Bonchev–Trinajstić information content (AvgIpc) is 3.53. The molecule has 1 aromatic carbocycles. The zero-order valence-electron chi connectivity index (χ0n) is 28.9. The van der Waals surface area contributed by atoms with Crippen molar-refractivity contribution in [3.05, 3.63) is 52.5 Å². The number of unbranched alkanes of at least 4 members (excludes halogenated alkanes) is 1. The third-order valence-electron chi connectivity index (χ3n) is 8.67. The van der Waals surface area contributed by atoms with Crippen molar-refractivity contribution < 1.29 is 38.3 Å². The maximum absolute atomic E-state index is 12.6. The molecule has 1 spiro atoms. The highest BCUT2D eigenvalue weighted by Gasteiger charge is 2.59. The van der Waals surface area contributed by atoms with Gasteiger partial charge in [0.25, 0.3) is 0 Å². The lowest BCUT2D eigenvalue weighted by molar-refractivity contribution is -0.0306. The molecule has 1 fully saturated rings. The van der Waals surface area contributed by atoms with Crippen LogP contribution in [0, 0.1) is 12.3 Å². The Labute approximate surface area is 302 Å². The summed E-state index contributed by atoms with van der Waals surface area (Å²) in [7, 11) is 0. The molecule has 3 aromatic rings. The Morgan fingerprint density at radius 1 is 1.00 bits per heavy atom. The van der Waals surface area contributed by atoms with Crippen LogP contribution in [-0.2, 0) is 46.9 Å². The molecule has 1 unspecified atom stereocenters. The molecular formula is C36H48BrN5O8. The van der Waals surface area contributed by atoms with E-state index in [4.69, 9.17) is 39.8 Å². The van der Waals surface area contributed by atoms with Crippen molar-refractivity contribution in [1.29, 1.82) is 0 Å². The number of ether oxygens (including phenoxy) is 6. The first-order chi connectivity index (χ1) is 24.3.